The van der Waals surface area contributed by atoms with Gasteiger partial charge in [-0.05, 0) is 12.1 Å². The Morgan fingerprint density at radius 3 is 2.38 bits per heavy atom. The first-order chi connectivity index (χ1) is 7.56. The summed E-state index contributed by atoms with van der Waals surface area (Å²) in [5, 5.41) is 2.34. The van der Waals surface area contributed by atoms with Crippen LogP contribution in [-0.2, 0) is 14.3 Å². The van der Waals surface area contributed by atoms with Crippen molar-refractivity contribution < 1.29 is 19.1 Å². The van der Waals surface area contributed by atoms with Gasteiger partial charge in [-0.25, -0.2) is 4.79 Å². The summed E-state index contributed by atoms with van der Waals surface area (Å²) in [6.07, 6.45) is 0. The van der Waals surface area contributed by atoms with Crippen molar-refractivity contribution in [3.05, 3.63) is 29.8 Å². The molecule has 1 amide bonds. The van der Waals surface area contributed by atoms with Crippen molar-refractivity contribution in [2.45, 2.75) is 6.92 Å². The molecule has 84 valence electrons. The third-order valence-corrected chi connectivity index (χ3v) is 1.90. The first-order valence-corrected chi connectivity index (χ1v) is 4.55. The summed E-state index contributed by atoms with van der Waals surface area (Å²) in [5.41, 5.74) is 0.467. The monoisotopic (exact) mass is 221 g/mol. The zero-order chi connectivity index (χ0) is 12.1. The second kappa shape index (κ2) is 5.06. The van der Waals surface area contributed by atoms with Crippen LogP contribution in [0.4, 0.5) is 5.69 Å². The third-order valence-electron chi connectivity index (χ3n) is 1.90. The SMILES string of the molecule is COC(=O)c1ccccc1NC(=O)C(C)=O. The van der Waals surface area contributed by atoms with Gasteiger partial charge in [-0.2, -0.15) is 0 Å². The van der Waals surface area contributed by atoms with Crippen LogP contribution in [0.2, 0.25) is 0 Å². The van der Waals surface area contributed by atoms with Crippen molar-refractivity contribution in [1.82, 2.24) is 0 Å². The molecule has 0 unspecified atom stereocenters. The minimum atomic E-state index is -0.767. The van der Waals surface area contributed by atoms with Gasteiger partial charge in [0.05, 0.1) is 18.4 Å². The number of ether oxygens (including phenoxy) is 1. The lowest BCUT2D eigenvalue weighted by atomic mass is 10.1. The zero-order valence-corrected chi connectivity index (χ0v) is 8.94. The Labute approximate surface area is 92.4 Å². The van der Waals surface area contributed by atoms with Crippen molar-refractivity contribution in [1.29, 1.82) is 0 Å². The summed E-state index contributed by atoms with van der Waals surface area (Å²) in [4.78, 5) is 33.3. The average Bonchev–Trinajstić information content (AvgIpc) is 2.28. The van der Waals surface area contributed by atoms with Gasteiger partial charge in [0, 0.05) is 6.92 Å². The van der Waals surface area contributed by atoms with Crippen LogP contribution in [0.25, 0.3) is 0 Å². The quantitative estimate of drug-likeness (QED) is 0.610. The maximum Gasteiger partial charge on any atom is 0.339 e. The molecule has 1 N–H and O–H groups in total. The van der Waals surface area contributed by atoms with Crippen LogP contribution in [0.1, 0.15) is 17.3 Å². The maximum absolute atomic E-state index is 11.3. The van der Waals surface area contributed by atoms with Gasteiger partial charge in [0.15, 0.2) is 0 Å². The predicted octanol–water partition coefficient (Wildman–Crippen LogP) is 1.00. The van der Waals surface area contributed by atoms with Gasteiger partial charge in [0.1, 0.15) is 0 Å². The number of para-hydroxylation sites is 1. The fourth-order valence-electron chi connectivity index (χ4n) is 1.09. The Bertz CT molecular complexity index is 439. The molecule has 0 saturated carbocycles. The van der Waals surface area contributed by atoms with E-state index in [0.717, 1.165) is 6.92 Å². The van der Waals surface area contributed by atoms with Gasteiger partial charge in [-0.1, -0.05) is 12.1 Å². The number of hydrogen-bond acceptors (Lipinski definition) is 4. The number of hydrogen-bond donors (Lipinski definition) is 1. The summed E-state index contributed by atoms with van der Waals surface area (Å²) >= 11 is 0. The number of amides is 1. The topological polar surface area (TPSA) is 72.5 Å². The molecule has 0 radical (unpaired) electrons. The van der Waals surface area contributed by atoms with E-state index >= 15 is 0 Å². The fraction of sp³-hybridized carbons (Fsp3) is 0.182. The minimum absolute atomic E-state index is 0.208. The molecule has 0 fully saturated rings. The first kappa shape index (κ1) is 11.9. The zero-order valence-electron chi connectivity index (χ0n) is 8.94. The molecule has 0 spiro atoms. The highest BCUT2D eigenvalue weighted by molar-refractivity contribution is 6.40. The van der Waals surface area contributed by atoms with E-state index in [0.29, 0.717) is 0 Å². The normalized spacial score (nSPS) is 9.38. The van der Waals surface area contributed by atoms with Gasteiger partial charge < -0.3 is 10.1 Å². The Balaban J connectivity index is 3.00. The average molecular weight is 221 g/mol. The molecule has 1 rings (SSSR count). The lowest BCUT2D eigenvalue weighted by Crippen LogP contribution is -2.21. The predicted molar refractivity (Wildman–Crippen MR) is 57.1 cm³/mol. The third kappa shape index (κ3) is 2.66. The van der Waals surface area contributed by atoms with Crippen LogP contribution < -0.4 is 5.32 Å². The summed E-state index contributed by atoms with van der Waals surface area (Å²) in [7, 11) is 1.24. The molecule has 0 heterocycles. The smallest absolute Gasteiger partial charge is 0.339 e. The highest BCUT2D eigenvalue weighted by Crippen LogP contribution is 2.15. The van der Waals surface area contributed by atoms with E-state index in [-0.39, 0.29) is 11.3 Å². The van der Waals surface area contributed by atoms with E-state index in [1.165, 1.54) is 19.2 Å². The molecular formula is C11H11NO4. The van der Waals surface area contributed by atoms with Crippen LogP contribution >= 0.6 is 0 Å². The molecule has 1 aromatic carbocycles. The van der Waals surface area contributed by atoms with Crippen molar-refractivity contribution in [2.24, 2.45) is 0 Å². The Morgan fingerprint density at radius 2 is 1.81 bits per heavy atom. The fourth-order valence-corrected chi connectivity index (χ4v) is 1.09. The molecule has 0 saturated heterocycles. The van der Waals surface area contributed by atoms with E-state index in [1.54, 1.807) is 12.1 Å². The van der Waals surface area contributed by atoms with Gasteiger partial charge in [0.2, 0.25) is 5.78 Å². The highest BCUT2D eigenvalue weighted by Gasteiger charge is 2.14. The standard InChI is InChI=1S/C11H11NO4/c1-7(13)10(14)12-9-6-4-3-5-8(9)11(15)16-2/h3-6H,1-2H3,(H,12,14). The number of Topliss-reactive ketones (excluding diaryl/α,β-unsaturated/α-hetero) is 1. The molecule has 1 aromatic rings. The summed E-state index contributed by atoms with van der Waals surface area (Å²) < 4.78 is 4.54. The molecule has 0 aliphatic rings. The lowest BCUT2D eigenvalue weighted by molar-refractivity contribution is -0.133. The molecule has 5 nitrogen and oxygen atoms in total. The number of ketones is 1. The summed E-state index contributed by atoms with van der Waals surface area (Å²) in [6, 6.07) is 6.30. The van der Waals surface area contributed by atoms with Crippen molar-refractivity contribution in [3.8, 4) is 0 Å². The van der Waals surface area contributed by atoms with Crippen LogP contribution in [0.3, 0.4) is 0 Å². The van der Waals surface area contributed by atoms with E-state index in [1.807, 2.05) is 0 Å². The van der Waals surface area contributed by atoms with E-state index < -0.39 is 17.7 Å². The van der Waals surface area contributed by atoms with E-state index in [4.69, 9.17) is 0 Å². The number of methoxy groups -OCH3 is 1. The number of nitrogens with one attached hydrogen (secondary N) is 1. The summed E-state index contributed by atoms with van der Waals surface area (Å²) in [5.74, 6) is -1.96. The van der Waals surface area contributed by atoms with Crippen LogP contribution in [0.15, 0.2) is 24.3 Å². The second-order valence-corrected chi connectivity index (χ2v) is 3.05. The number of anilines is 1. The second-order valence-electron chi connectivity index (χ2n) is 3.05. The Morgan fingerprint density at radius 1 is 1.19 bits per heavy atom. The molecular weight excluding hydrogens is 210 g/mol. The van der Waals surface area contributed by atoms with E-state index in [2.05, 4.69) is 10.1 Å². The number of carbonyl (C=O) groups is 3. The molecule has 0 aromatic heterocycles. The van der Waals surface area contributed by atoms with Crippen molar-refractivity contribution in [2.75, 3.05) is 12.4 Å². The molecule has 0 atom stereocenters. The molecule has 16 heavy (non-hydrogen) atoms. The highest BCUT2D eigenvalue weighted by atomic mass is 16.5. The Hall–Kier alpha value is -2.17. The van der Waals surface area contributed by atoms with Gasteiger partial charge >= 0.3 is 5.97 Å². The molecule has 0 aliphatic carbocycles. The number of benzene rings is 1. The van der Waals surface area contributed by atoms with Crippen LogP contribution in [0, 0.1) is 0 Å². The lowest BCUT2D eigenvalue weighted by Gasteiger charge is -2.07. The maximum atomic E-state index is 11.3. The number of rotatable bonds is 3. The van der Waals surface area contributed by atoms with Gasteiger partial charge in [0.25, 0.3) is 5.91 Å². The van der Waals surface area contributed by atoms with E-state index in [9.17, 15) is 14.4 Å². The first-order valence-electron chi connectivity index (χ1n) is 4.55. The minimum Gasteiger partial charge on any atom is -0.465 e. The summed E-state index contributed by atoms with van der Waals surface area (Å²) in [6.45, 7) is 1.15. The van der Waals surface area contributed by atoms with Crippen molar-refractivity contribution in [3.63, 3.8) is 0 Å². The number of esters is 1. The van der Waals surface area contributed by atoms with Gasteiger partial charge in [-0.3, -0.25) is 9.59 Å². The van der Waals surface area contributed by atoms with Crippen LogP contribution in [-0.4, -0.2) is 24.8 Å². The molecule has 5 heteroatoms. The van der Waals surface area contributed by atoms with Gasteiger partial charge in [-0.15, -0.1) is 0 Å². The van der Waals surface area contributed by atoms with Crippen LogP contribution in [0.5, 0.6) is 0 Å². The molecule has 0 aliphatic heterocycles. The number of carbonyl (C=O) groups excluding carboxylic acids is 3. The Kier molecular flexibility index (Phi) is 3.77. The largest absolute Gasteiger partial charge is 0.465 e. The molecule has 0 bridgehead atoms. The van der Waals surface area contributed by atoms with Crippen molar-refractivity contribution >= 4 is 23.3 Å².